The van der Waals surface area contributed by atoms with Crippen LogP contribution in [0.5, 0.6) is 0 Å². The fourth-order valence-corrected chi connectivity index (χ4v) is 6.16. The molecule has 0 aliphatic heterocycles. The molecule has 2 aromatic rings. The fraction of sp³-hybridized carbons (Fsp3) is 0.706. The second kappa shape index (κ2) is 17.2. The molecule has 1 aliphatic rings. The van der Waals surface area contributed by atoms with Crippen LogP contribution in [0.2, 0.25) is 0 Å². The lowest BCUT2D eigenvalue weighted by Crippen LogP contribution is -2.31. The first kappa shape index (κ1) is 29.2. The highest BCUT2D eigenvalue weighted by Gasteiger charge is 2.20. The van der Waals surface area contributed by atoms with E-state index in [1.807, 2.05) is 0 Å². The second-order valence-electron chi connectivity index (χ2n) is 11.4. The highest BCUT2D eigenvalue weighted by molar-refractivity contribution is 5.90. The summed E-state index contributed by atoms with van der Waals surface area (Å²) >= 11 is 0. The molecule has 0 saturated heterocycles. The van der Waals surface area contributed by atoms with Crippen LogP contribution in [0.25, 0.3) is 10.8 Å². The second-order valence-corrected chi connectivity index (χ2v) is 11.4. The van der Waals surface area contributed by atoms with Crippen molar-refractivity contribution in [2.75, 3.05) is 19.6 Å². The number of rotatable bonds is 19. The summed E-state index contributed by atoms with van der Waals surface area (Å²) in [6.45, 7) is 7.61. The van der Waals surface area contributed by atoms with Gasteiger partial charge in [-0.15, -0.1) is 0 Å². The predicted molar refractivity (Wildman–Crippen MR) is 158 cm³/mol. The molecule has 0 aromatic heterocycles. The maximum atomic E-state index is 11.5. The number of fused-ring (bicyclic) bond motifs is 3. The van der Waals surface area contributed by atoms with Gasteiger partial charge in [0.05, 0.1) is 6.10 Å². The van der Waals surface area contributed by atoms with E-state index in [2.05, 4.69) is 49.1 Å². The van der Waals surface area contributed by atoms with E-state index in [0.29, 0.717) is 0 Å². The lowest BCUT2D eigenvalue weighted by atomic mass is 9.84. The Hall–Kier alpha value is -1.38. The summed E-state index contributed by atoms with van der Waals surface area (Å²) < 4.78 is 0. The maximum Gasteiger partial charge on any atom is 0.0923 e. The molecule has 1 unspecified atom stereocenters. The van der Waals surface area contributed by atoms with Crippen molar-refractivity contribution in [1.82, 2.24) is 4.90 Å². The lowest BCUT2D eigenvalue weighted by Gasteiger charge is -2.27. The molecule has 0 radical (unpaired) electrons. The van der Waals surface area contributed by atoms with E-state index in [-0.39, 0.29) is 0 Å². The van der Waals surface area contributed by atoms with Crippen molar-refractivity contribution in [3.63, 3.8) is 0 Å². The van der Waals surface area contributed by atoms with E-state index in [1.165, 1.54) is 137 Å². The van der Waals surface area contributed by atoms with Crippen LogP contribution in [0.4, 0.5) is 0 Å². The van der Waals surface area contributed by atoms with Crippen LogP contribution >= 0.6 is 0 Å². The van der Waals surface area contributed by atoms with Gasteiger partial charge in [-0.3, -0.25) is 0 Å². The van der Waals surface area contributed by atoms with Crippen LogP contribution in [0.15, 0.2) is 30.3 Å². The molecule has 3 rings (SSSR count). The summed E-state index contributed by atoms with van der Waals surface area (Å²) in [6.07, 6.45) is 23.4. The molecule has 2 nitrogen and oxygen atoms in total. The summed E-state index contributed by atoms with van der Waals surface area (Å²) in [7, 11) is 0. The normalized spacial score (nSPS) is 14.4. The standard InChI is InChI=1S/C34H55NO/c1-3-5-7-9-11-13-19-25-35(26-20-14-12-10-8-6-4-2)28-34(36)33-27-29-21-15-16-22-30(29)31-23-17-18-24-32(31)33/h17-18,23-24,27,34,36H,3-16,19-22,25-26,28H2,1-2H3. The molecule has 0 spiro atoms. The summed E-state index contributed by atoms with van der Waals surface area (Å²) in [5.41, 5.74) is 4.19. The van der Waals surface area contributed by atoms with Gasteiger partial charge >= 0.3 is 0 Å². The van der Waals surface area contributed by atoms with Gasteiger partial charge in [0.25, 0.3) is 0 Å². The van der Waals surface area contributed by atoms with Crippen molar-refractivity contribution >= 4 is 10.8 Å². The molecule has 0 bridgehead atoms. The molecule has 36 heavy (non-hydrogen) atoms. The minimum atomic E-state index is -0.406. The number of hydrogen-bond donors (Lipinski definition) is 1. The number of aryl methyl sites for hydroxylation is 2. The quantitative estimate of drug-likeness (QED) is 0.197. The molecule has 0 saturated carbocycles. The van der Waals surface area contributed by atoms with Crippen molar-refractivity contribution < 1.29 is 5.11 Å². The molecule has 2 aromatic carbocycles. The first-order valence-corrected chi connectivity index (χ1v) is 15.7. The highest BCUT2D eigenvalue weighted by Crippen LogP contribution is 2.34. The molecule has 0 fully saturated rings. The van der Waals surface area contributed by atoms with Gasteiger partial charge in [-0.05, 0) is 79.1 Å². The van der Waals surface area contributed by atoms with Gasteiger partial charge in [-0.25, -0.2) is 0 Å². The van der Waals surface area contributed by atoms with Gasteiger partial charge in [0, 0.05) is 6.54 Å². The molecular formula is C34H55NO. The molecule has 1 aliphatic carbocycles. The number of hydrogen-bond acceptors (Lipinski definition) is 2. The van der Waals surface area contributed by atoms with Gasteiger partial charge in [0.15, 0.2) is 0 Å². The Morgan fingerprint density at radius 1 is 0.694 bits per heavy atom. The van der Waals surface area contributed by atoms with Gasteiger partial charge in [-0.1, -0.05) is 121 Å². The third kappa shape index (κ3) is 9.49. The number of unbranched alkanes of at least 4 members (excludes halogenated alkanes) is 12. The Balaban J connectivity index is 1.60. The minimum Gasteiger partial charge on any atom is -0.387 e. The third-order valence-electron chi connectivity index (χ3n) is 8.35. The van der Waals surface area contributed by atoms with E-state index in [0.717, 1.165) is 25.2 Å². The largest absolute Gasteiger partial charge is 0.387 e. The minimum absolute atomic E-state index is 0.406. The topological polar surface area (TPSA) is 23.5 Å². The van der Waals surface area contributed by atoms with Crippen molar-refractivity contribution in [3.05, 3.63) is 47.0 Å². The molecule has 0 heterocycles. The summed E-state index contributed by atoms with van der Waals surface area (Å²) in [5, 5.41) is 14.2. The molecule has 1 atom stereocenters. The Morgan fingerprint density at radius 2 is 1.22 bits per heavy atom. The van der Waals surface area contributed by atoms with Crippen LogP contribution in [0, 0.1) is 0 Å². The number of benzene rings is 2. The summed E-state index contributed by atoms with van der Waals surface area (Å²) in [5.74, 6) is 0. The van der Waals surface area contributed by atoms with E-state index in [9.17, 15) is 5.11 Å². The van der Waals surface area contributed by atoms with Crippen LogP contribution in [0.1, 0.15) is 139 Å². The number of aliphatic hydroxyl groups is 1. The van der Waals surface area contributed by atoms with Crippen molar-refractivity contribution in [1.29, 1.82) is 0 Å². The van der Waals surface area contributed by atoms with Crippen LogP contribution in [-0.2, 0) is 12.8 Å². The zero-order valence-electron chi connectivity index (χ0n) is 23.7. The van der Waals surface area contributed by atoms with Gasteiger partial charge < -0.3 is 10.0 Å². The van der Waals surface area contributed by atoms with Gasteiger partial charge in [0.2, 0.25) is 0 Å². The van der Waals surface area contributed by atoms with Crippen LogP contribution in [-0.4, -0.2) is 29.6 Å². The maximum absolute atomic E-state index is 11.5. The SMILES string of the molecule is CCCCCCCCCN(CCCCCCCCC)CC(O)c1cc2c(c3ccccc13)CCCC2. The zero-order chi connectivity index (χ0) is 25.4. The monoisotopic (exact) mass is 493 g/mol. The van der Waals surface area contributed by atoms with Gasteiger partial charge in [0.1, 0.15) is 0 Å². The molecule has 2 heteroatoms. The van der Waals surface area contributed by atoms with E-state index in [4.69, 9.17) is 0 Å². The highest BCUT2D eigenvalue weighted by atomic mass is 16.3. The van der Waals surface area contributed by atoms with E-state index >= 15 is 0 Å². The number of aliphatic hydroxyl groups excluding tert-OH is 1. The fourth-order valence-electron chi connectivity index (χ4n) is 6.16. The molecule has 202 valence electrons. The smallest absolute Gasteiger partial charge is 0.0923 e. The van der Waals surface area contributed by atoms with Crippen molar-refractivity contribution in [2.45, 2.75) is 136 Å². The Morgan fingerprint density at radius 3 is 1.83 bits per heavy atom. The third-order valence-corrected chi connectivity index (χ3v) is 8.35. The Labute approximate surface area is 222 Å². The number of nitrogens with zero attached hydrogens (tertiary/aromatic N) is 1. The van der Waals surface area contributed by atoms with Gasteiger partial charge in [-0.2, -0.15) is 0 Å². The first-order chi connectivity index (χ1) is 17.7. The average molecular weight is 494 g/mol. The van der Waals surface area contributed by atoms with Crippen LogP contribution in [0.3, 0.4) is 0 Å². The van der Waals surface area contributed by atoms with E-state index < -0.39 is 6.10 Å². The van der Waals surface area contributed by atoms with Crippen molar-refractivity contribution in [2.24, 2.45) is 0 Å². The molecule has 1 N–H and O–H groups in total. The summed E-state index contributed by atoms with van der Waals surface area (Å²) in [6, 6.07) is 11.2. The van der Waals surface area contributed by atoms with Crippen LogP contribution < -0.4 is 0 Å². The molecule has 0 amide bonds. The average Bonchev–Trinajstić information content (AvgIpc) is 2.91. The molecular weight excluding hydrogens is 438 g/mol. The van der Waals surface area contributed by atoms with Crippen molar-refractivity contribution in [3.8, 4) is 0 Å². The zero-order valence-corrected chi connectivity index (χ0v) is 23.7. The lowest BCUT2D eigenvalue weighted by molar-refractivity contribution is 0.111. The Kier molecular flexibility index (Phi) is 13.9. The predicted octanol–water partition coefficient (Wildman–Crippen LogP) is 9.56. The summed E-state index contributed by atoms with van der Waals surface area (Å²) in [4.78, 5) is 2.58. The first-order valence-electron chi connectivity index (χ1n) is 15.7. The Bertz CT molecular complexity index is 842. The van der Waals surface area contributed by atoms with E-state index in [1.54, 1.807) is 0 Å².